The molecule has 1 fully saturated rings. The second-order valence-corrected chi connectivity index (χ2v) is 9.56. The summed E-state index contributed by atoms with van der Waals surface area (Å²) in [5.74, 6) is 0.779. The van der Waals surface area contributed by atoms with Crippen LogP contribution in [0.4, 0.5) is 0 Å². The van der Waals surface area contributed by atoms with Gasteiger partial charge in [-0.1, -0.05) is 23.7 Å². The van der Waals surface area contributed by atoms with Gasteiger partial charge < -0.3 is 9.47 Å². The Labute approximate surface area is 184 Å². The number of pyridine rings is 1. The molecule has 1 aliphatic heterocycles. The average Bonchev–Trinajstić information content (AvgIpc) is 2.66. The normalized spacial score (nSPS) is 20.6. The zero-order valence-electron chi connectivity index (χ0n) is 16.0. The summed E-state index contributed by atoms with van der Waals surface area (Å²) in [7, 11) is -1.97. The van der Waals surface area contributed by atoms with E-state index in [0.29, 0.717) is 29.5 Å². The number of hydrogen-bond donors (Lipinski definition) is 0. The quantitative estimate of drug-likeness (QED) is 0.421. The fourth-order valence-corrected chi connectivity index (χ4v) is 4.44. The molecule has 0 saturated carbocycles. The summed E-state index contributed by atoms with van der Waals surface area (Å²) in [6.45, 7) is 1.72. The van der Waals surface area contributed by atoms with Crippen LogP contribution in [-0.2, 0) is 25.6 Å². The third-order valence-corrected chi connectivity index (χ3v) is 5.77. The molecule has 2 aromatic rings. The van der Waals surface area contributed by atoms with Crippen molar-refractivity contribution in [3.05, 3.63) is 57.3 Å². The summed E-state index contributed by atoms with van der Waals surface area (Å²) in [6.07, 6.45) is 0.625. The van der Waals surface area contributed by atoms with E-state index in [1.165, 1.54) is 0 Å². The Morgan fingerprint density at radius 1 is 1.31 bits per heavy atom. The second-order valence-electron chi connectivity index (χ2n) is 6.71. The first-order valence-electron chi connectivity index (χ1n) is 8.91. The lowest BCUT2D eigenvalue weighted by atomic mass is 10.00. The number of methoxy groups -OCH3 is 1. The molecule has 158 valence electrons. The Kier molecular flexibility index (Phi) is 7.53. The van der Waals surface area contributed by atoms with Gasteiger partial charge in [-0.15, -0.1) is 0 Å². The smallest absolute Gasteiger partial charge is 0.264 e. The zero-order chi connectivity index (χ0) is 21.0. The van der Waals surface area contributed by atoms with Gasteiger partial charge >= 0.3 is 0 Å². The highest BCUT2D eigenvalue weighted by Gasteiger charge is 2.35. The molecule has 10 heteroatoms. The van der Waals surface area contributed by atoms with E-state index in [1.54, 1.807) is 13.2 Å². The van der Waals surface area contributed by atoms with E-state index in [2.05, 4.69) is 25.8 Å². The Morgan fingerprint density at radius 3 is 2.66 bits per heavy atom. The monoisotopic (exact) mass is 504 g/mol. The number of aromatic nitrogens is 1. The third-order valence-electron chi connectivity index (χ3n) is 4.61. The first kappa shape index (κ1) is 22.5. The molecule has 1 saturated heterocycles. The highest BCUT2D eigenvalue weighted by molar-refractivity contribution is 9.10. The topological polar surface area (TPSA) is 78.0 Å². The number of rotatable bonds is 7. The van der Waals surface area contributed by atoms with Crippen molar-refractivity contribution < 1.29 is 22.1 Å². The summed E-state index contributed by atoms with van der Waals surface area (Å²) in [5.41, 5.74) is 1.88. The van der Waals surface area contributed by atoms with Gasteiger partial charge in [0.2, 0.25) is 0 Å². The van der Waals surface area contributed by atoms with Crippen LogP contribution < -0.4 is 4.74 Å². The van der Waals surface area contributed by atoms with Crippen LogP contribution in [0, 0.1) is 0 Å². The maximum atomic E-state index is 11.6. The predicted molar refractivity (Wildman–Crippen MR) is 114 cm³/mol. The lowest BCUT2D eigenvalue weighted by molar-refractivity contribution is -0.0879. The van der Waals surface area contributed by atoms with Crippen LogP contribution in [-0.4, -0.2) is 57.5 Å². The number of halogens is 2. The van der Waals surface area contributed by atoms with Gasteiger partial charge in [-0.2, -0.15) is 8.42 Å². The summed E-state index contributed by atoms with van der Waals surface area (Å²) in [6, 6.07) is 11.0. The van der Waals surface area contributed by atoms with E-state index < -0.39 is 16.2 Å². The second kappa shape index (κ2) is 9.72. The molecule has 2 atom stereocenters. The lowest BCUT2D eigenvalue weighted by Gasteiger charge is -2.41. The first-order valence-corrected chi connectivity index (χ1v) is 11.9. The number of morpholine rings is 1. The minimum absolute atomic E-state index is 0.0305. The molecule has 1 aliphatic rings. The molecule has 2 heterocycles. The molecule has 0 bridgehead atoms. The van der Waals surface area contributed by atoms with Crippen molar-refractivity contribution in [3.63, 3.8) is 0 Å². The van der Waals surface area contributed by atoms with Gasteiger partial charge in [0.15, 0.2) is 0 Å². The van der Waals surface area contributed by atoms with Crippen LogP contribution in [0.15, 0.2) is 41.0 Å². The highest BCUT2D eigenvalue weighted by Crippen LogP contribution is 2.32. The van der Waals surface area contributed by atoms with Crippen LogP contribution in [0.5, 0.6) is 5.75 Å². The number of benzene rings is 1. The third kappa shape index (κ3) is 6.37. The Hall–Kier alpha value is -1.23. The largest absolute Gasteiger partial charge is 0.497 e. The molecule has 1 aromatic heterocycles. The summed E-state index contributed by atoms with van der Waals surface area (Å²) in [4.78, 5) is 6.27. The van der Waals surface area contributed by atoms with Gasteiger partial charge in [-0.3, -0.25) is 9.08 Å². The maximum Gasteiger partial charge on any atom is 0.264 e. The number of nitrogens with zero attached hydrogens (tertiary/aromatic N) is 2. The molecule has 0 radical (unpaired) electrons. The van der Waals surface area contributed by atoms with E-state index in [9.17, 15) is 8.42 Å². The van der Waals surface area contributed by atoms with Gasteiger partial charge in [-0.25, -0.2) is 4.98 Å². The van der Waals surface area contributed by atoms with Gasteiger partial charge in [0.25, 0.3) is 10.1 Å². The van der Waals surface area contributed by atoms with Gasteiger partial charge in [-0.05, 0) is 51.3 Å². The standard InChI is InChI=1S/C19H22BrClN2O5S/c1-26-15-5-3-13(4-6-15)11-23-7-8-27-19(16(23)12-28-29(2,24)25)14-9-17(20)22-18(21)10-14/h3-6,9-10,16,19H,7-8,11-12H2,1-2H3. The molecule has 0 spiro atoms. The lowest BCUT2D eigenvalue weighted by Crippen LogP contribution is -2.49. The predicted octanol–water partition coefficient (Wildman–Crippen LogP) is 3.42. The Balaban J connectivity index is 1.87. The summed E-state index contributed by atoms with van der Waals surface area (Å²) >= 11 is 9.46. The van der Waals surface area contributed by atoms with Crippen molar-refractivity contribution in [2.45, 2.75) is 18.7 Å². The van der Waals surface area contributed by atoms with Crippen LogP contribution in [0.3, 0.4) is 0 Å². The molecular weight excluding hydrogens is 484 g/mol. The first-order chi connectivity index (χ1) is 13.7. The average molecular weight is 506 g/mol. The van der Waals surface area contributed by atoms with Crippen LogP contribution >= 0.6 is 27.5 Å². The molecule has 3 rings (SSSR count). The highest BCUT2D eigenvalue weighted by atomic mass is 79.9. The molecule has 0 N–H and O–H groups in total. The van der Waals surface area contributed by atoms with E-state index in [-0.39, 0.29) is 12.6 Å². The van der Waals surface area contributed by atoms with E-state index >= 15 is 0 Å². The van der Waals surface area contributed by atoms with Crippen molar-refractivity contribution in [3.8, 4) is 5.75 Å². The molecule has 7 nitrogen and oxygen atoms in total. The van der Waals surface area contributed by atoms with Crippen molar-refractivity contribution in [2.75, 3.05) is 33.1 Å². The van der Waals surface area contributed by atoms with Crippen molar-refractivity contribution in [1.82, 2.24) is 9.88 Å². The number of hydrogen-bond acceptors (Lipinski definition) is 7. The molecule has 2 unspecified atom stereocenters. The van der Waals surface area contributed by atoms with Crippen LogP contribution in [0.2, 0.25) is 5.15 Å². The zero-order valence-corrected chi connectivity index (χ0v) is 19.2. The molecule has 0 amide bonds. The Bertz CT molecular complexity index is 922. The van der Waals surface area contributed by atoms with Crippen LogP contribution in [0.25, 0.3) is 0 Å². The molecule has 0 aliphatic carbocycles. The molecule has 1 aromatic carbocycles. The van der Waals surface area contributed by atoms with Crippen molar-refractivity contribution in [1.29, 1.82) is 0 Å². The minimum Gasteiger partial charge on any atom is -0.497 e. The Morgan fingerprint density at radius 2 is 2.03 bits per heavy atom. The van der Waals surface area contributed by atoms with Crippen LogP contribution in [0.1, 0.15) is 17.2 Å². The van der Waals surface area contributed by atoms with Gasteiger partial charge in [0.05, 0.1) is 32.6 Å². The summed E-state index contributed by atoms with van der Waals surface area (Å²) < 4.78 is 40.2. The maximum absolute atomic E-state index is 11.6. The minimum atomic E-state index is -3.60. The fraction of sp³-hybridized carbons (Fsp3) is 0.421. The number of ether oxygens (including phenoxy) is 2. The van der Waals surface area contributed by atoms with E-state index in [1.807, 2.05) is 30.3 Å². The molecule has 29 heavy (non-hydrogen) atoms. The van der Waals surface area contributed by atoms with Crippen molar-refractivity contribution >= 4 is 37.6 Å². The summed E-state index contributed by atoms with van der Waals surface area (Å²) in [5, 5.41) is 0.327. The van der Waals surface area contributed by atoms with Gasteiger partial charge in [0.1, 0.15) is 21.6 Å². The van der Waals surface area contributed by atoms with E-state index in [0.717, 1.165) is 23.1 Å². The van der Waals surface area contributed by atoms with Crippen molar-refractivity contribution in [2.24, 2.45) is 0 Å². The molecular formula is C19H22BrClN2O5S. The fourth-order valence-electron chi connectivity index (χ4n) is 3.28. The SMILES string of the molecule is COc1ccc(CN2CCOC(c3cc(Cl)nc(Br)c3)C2COS(C)(=O)=O)cc1. The van der Waals surface area contributed by atoms with Gasteiger partial charge in [0, 0.05) is 13.1 Å². The van der Waals surface area contributed by atoms with E-state index in [4.69, 9.17) is 25.3 Å².